The van der Waals surface area contributed by atoms with Crippen molar-refractivity contribution in [3.05, 3.63) is 45.6 Å². The monoisotopic (exact) mass is 403 g/mol. The Morgan fingerprint density at radius 3 is 2.67 bits per heavy atom. The summed E-state index contributed by atoms with van der Waals surface area (Å²) in [5, 5.41) is 3.95. The summed E-state index contributed by atoms with van der Waals surface area (Å²) in [5.74, 6) is 0.436. The third kappa shape index (κ3) is 3.86. The van der Waals surface area contributed by atoms with Crippen LogP contribution in [-0.2, 0) is 11.2 Å². The number of benzene rings is 1. The van der Waals surface area contributed by atoms with Crippen molar-refractivity contribution in [1.82, 2.24) is 9.55 Å². The molecule has 1 N–H and O–H groups in total. The van der Waals surface area contributed by atoms with E-state index in [1.807, 2.05) is 19.2 Å². The number of nitrogens with zero attached hydrogens (tertiary/aromatic N) is 2. The number of amides is 1. The smallest absolute Gasteiger partial charge is 0.263 e. The molecule has 27 heavy (non-hydrogen) atoms. The lowest BCUT2D eigenvalue weighted by Gasteiger charge is -2.18. The van der Waals surface area contributed by atoms with Crippen molar-refractivity contribution in [1.29, 1.82) is 0 Å². The van der Waals surface area contributed by atoms with Gasteiger partial charge in [0.2, 0.25) is 5.91 Å². The van der Waals surface area contributed by atoms with Gasteiger partial charge in [0, 0.05) is 10.6 Å². The maximum Gasteiger partial charge on any atom is 0.263 e. The van der Waals surface area contributed by atoms with Crippen LogP contribution in [0.25, 0.3) is 10.2 Å². The van der Waals surface area contributed by atoms with Gasteiger partial charge >= 0.3 is 0 Å². The summed E-state index contributed by atoms with van der Waals surface area (Å²) in [7, 11) is 1.59. The summed E-state index contributed by atoms with van der Waals surface area (Å²) in [6.07, 6.45) is 2.70. The molecule has 0 spiro atoms. The van der Waals surface area contributed by atoms with Crippen LogP contribution in [0.1, 0.15) is 24.8 Å². The van der Waals surface area contributed by atoms with Crippen LogP contribution >= 0.6 is 23.1 Å². The third-order valence-electron chi connectivity index (χ3n) is 4.27. The van der Waals surface area contributed by atoms with Gasteiger partial charge in [-0.3, -0.25) is 14.2 Å². The normalized spacial score (nSPS) is 12.1. The van der Waals surface area contributed by atoms with E-state index in [4.69, 9.17) is 4.74 Å². The summed E-state index contributed by atoms with van der Waals surface area (Å²) in [4.78, 5) is 32.2. The fourth-order valence-corrected chi connectivity index (χ4v) is 4.36. The van der Waals surface area contributed by atoms with E-state index >= 15 is 0 Å². The molecule has 0 fully saturated rings. The van der Waals surface area contributed by atoms with Crippen molar-refractivity contribution >= 4 is 44.9 Å². The number of methoxy groups -OCH3 is 1. The van der Waals surface area contributed by atoms with Gasteiger partial charge in [0.15, 0.2) is 5.16 Å². The Morgan fingerprint density at radius 2 is 2.07 bits per heavy atom. The van der Waals surface area contributed by atoms with E-state index in [-0.39, 0.29) is 11.5 Å². The number of aromatic nitrogens is 2. The maximum atomic E-state index is 13.0. The van der Waals surface area contributed by atoms with E-state index in [1.54, 1.807) is 38.3 Å². The minimum Gasteiger partial charge on any atom is -0.497 e. The van der Waals surface area contributed by atoms with Crippen LogP contribution in [0.5, 0.6) is 5.75 Å². The molecule has 1 amide bonds. The number of thiophene rings is 1. The summed E-state index contributed by atoms with van der Waals surface area (Å²) < 4.78 is 6.59. The van der Waals surface area contributed by atoms with E-state index in [0.29, 0.717) is 22.0 Å². The molecule has 0 aliphatic rings. The molecule has 142 valence electrons. The predicted molar refractivity (Wildman–Crippen MR) is 111 cm³/mol. The number of thioether (sulfide) groups is 1. The first-order valence-electron chi connectivity index (χ1n) is 8.52. The number of hydrogen-bond acceptors (Lipinski definition) is 6. The van der Waals surface area contributed by atoms with Crippen LogP contribution < -0.4 is 15.6 Å². The van der Waals surface area contributed by atoms with Gasteiger partial charge in [-0.2, -0.15) is 0 Å². The van der Waals surface area contributed by atoms with Gasteiger partial charge in [0.05, 0.1) is 12.5 Å². The third-order valence-corrected chi connectivity index (χ3v) is 6.10. The molecular formula is C19H21N3O3S2. The van der Waals surface area contributed by atoms with Gasteiger partial charge in [-0.1, -0.05) is 18.7 Å². The first-order valence-corrected chi connectivity index (χ1v) is 10.6. The van der Waals surface area contributed by atoms with Gasteiger partial charge in [-0.25, -0.2) is 4.98 Å². The van der Waals surface area contributed by atoms with Crippen LogP contribution in [0.15, 0.2) is 40.3 Å². The lowest BCUT2D eigenvalue weighted by Crippen LogP contribution is -2.33. The van der Waals surface area contributed by atoms with E-state index in [2.05, 4.69) is 10.3 Å². The number of carbonyl (C=O) groups excluding carboxylic acids is 1. The minimum atomic E-state index is -0.691. The van der Waals surface area contributed by atoms with Crippen molar-refractivity contribution in [2.45, 2.75) is 31.5 Å². The first kappa shape index (κ1) is 19.4. The Labute approximate surface area is 165 Å². The number of carbonyl (C=O) groups is 1. The Kier molecular flexibility index (Phi) is 5.86. The summed E-state index contributed by atoms with van der Waals surface area (Å²) in [6.45, 7) is 3.75. The molecule has 0 aliphatic carbocycles. The Hall–Kier alpha value is -2.32. The lowest BCUT2D eigenvalue weighted by atomic mass is 10.2. The SMILES string of the molecule is CCc1cc2c(=O)n(C(C)C(=O)Nc3ccc(OC)cc3)c(SC)nc2s1. The highest BCUT2D eigenvalue weighted by molar-refractivity contribution is 7.98. The molecule has 0 saturated carbocycles. The second kappa shape index (κ2) is 8.14. The van der Waals surface area contributed by atoms with E-state index in [9.17, 15) is 9.59 Å². The van der Waals surface area contributed by atoms with Gasteiger partial charge in [-0.05, 0) is 49.9 Å². The van der Waals surface area contributed by atoms with Crippen LogP contribution in [0.2, 0.25) is 0 Å². The molecule has 1 aromatic carbocycles. The molecule has 0 bridgehead atoms. The Morgan fingerprint density at radius 1 is 1.37 bits per heavy atom. The maximum absolute atomic E-state index is 13.0. The van der Waals surface area contributed by atoms with Crippen LogP contribution in [0.3, 0.4) is 0 Å². The predicted octanol–water partition coefficient (Wildman–Crippen LogP) is 3.95. The minimum absolute atomic E-state index is 0.183. The quantitative estimate of drug-likeness (QED) is 0.498. The van der Waals surface area contributed by atoms with E-state index < -0.39 is 6.04 Å². The van der Waals surface area contributed by atoms with Gasteiger partial charge in [0.1, 0.15) is 16.6 Å². The highest BCUT2D eigenvalue weighted by atomic mass is 32.2. The number of nitrogens with one attached hydrogen (secondary N) is 1. The first-order chi connectivity index (χ1) is 13.0. The fraction of sp³-hybridized carbons (Fsp3) is 0.316. The van der Waals surface area contributed by atoms with Crippen molar-refractivity contribution in [2.24, 2.45) is 0 Å². The van der Waals surface area contributed by atoms with Gasteiger partial charge < -0.3 is 10.1 Å². The van der Waals surface area contributed by atoms with Crippen molar-refractivity contribution in [2.75, 3.05) is 18.7 Å². The second-order valence-corrected chi connectivity index (χ2v) is 7.84. The number of rotatable bonds is 6. The molecule has 2 aromatic heterocycles. The van der Waals surface area contributed by atoms with Crippen LogP contribution in [-0.4, -0.2) is 28.8 Å². The summed E-state index contributed by atoms with van der Waals surface area (Å²) >= 11 is 2.89. The topological polar surface area (TPSA) is 73.2 Å². The molecule has 1 unspecified atom stereocenters. The molecule has 1 atom stereocenters. The molecule has 8 heteroatoms. The zero-order chi connectivity index (χ0) is 19.6. The number of aryl methyl sites for hydroxylation is 1. The van der Waals surface area contributed by atoms with Crippen molar-refractivity contribution < 1.29 is 9.53 Å². The highest BCUT2D eigenvalue weighted by Gasteiger charge is 2.22. The van der Waals surface area contributed by atoms with E-state index in [1.165, 1.54) is 27.7 Å². The molecule has 0 aliphatic heterocycles. The zero-order valence-corrected chi connectivity index (χ0v) is 17.2. The van der Waals surface area contributed by atoms with Crippen molar-refractivity contribution in [3.8, 4) is 5.75 Å². The molecule has 0 radical (unpaired) electrons. The standard InChI is InChI=1S/C19H21N3O3S2/c1-5-14-10-15-17(27-14)21-19(26-4)22(18(15)24)11(2)16(23)20-12-6-8-13(25-3)9-7-12/h6-11H,5H2,1-4H3,(H,20,23). The van der Waals surface area contributed by atoms with Gasteiger partial charge in [-0.15, -0.1) is 11.3 Å². The largest absolute Gasteiger partial charge is 0.497 e. The van der Waals surface area contributed by atoms with Gasteiger partial charge in [0.25, 0.3) is 5.56 Å². The van der Waals surface area contributed by atoms with Crippen LogP contribution in [0, 0.1) is 0 Å². The lowest BCUT2D eigenvalue weighted by molar-refractivity contribution is -0.119. The molecule has 2 heterocycles. The van der Waals surface area contributed by atoms with Crippen molar-refractivity contribution in [3.63, 3.8) is 0 Å². The molecular weight excluding hydrogens is 382 g/mol. The highest BCUT2D eigenvalue weighted by Crippen LogP contribution is 2.26. The number of ether oxygens (including phenoxy) is 1. The molecule has 0 saturated heterocycles. The average Bonchev–Trinajstić information content (AvgIpc) is 3.11. The Bertz CT molecular complexity index is 1030. The number of fused-ring (bicyclic) bond motifs is 1. The molecule has 6 nitrogen and oxygen atoms in total. The Balaban J connectivity index is 1.95. The fourth-order valence-electron chi connectivity index (χ4n) is 2.72. The zero-order valence-electron chi connectivity index (χ0n) is 15.6. The van der Waals surface area contributed by atoms with E-state index in [0.717, 1.165) is 16.1 Å². The summed E-state index contributed by atoms with van der Waals surface area (Å²) in [6, 6.07) is 8.24. The second-order valence-electron chi connectivity index (χ2n) is 5.95. The van der Waals surface area contributed by atoms with Crippen LogP contribution in [0.4, 0.5) is 5.69 Å². The number of hydrogen-bond donors (Lipinski definition) is 1. The summed E-state index contributed by atoms with van der Waals surface area (Å²) in [5.41, 5.74) is 0.460. The average molecular weight is 404 g/mol. The molecule has 3 aromatic rings. The molecule has 3 rings (SSSR count). The number of anilines is 1.